The van der Waals surface area contributed by atoms with Crippen LogP contribution in [0.15, 0.2) is 35.2 Å². The zero-order valence-corrected chi connectivity index (χ0v) is 12.2. The number of aliphatic carboxylic acids is 1. The minimum Gasteiger partial charge on any atom is -0.480 e. The van der Waals surface area contributed by atoms with Crippen LogP contribution in [0.1, 0.15) is 13.3 Å². The SMILES string of the molecule is CCSCCC(NS(=O)(=O)c1ccccc1)C(=O)O. The third-order valence-electron chi connectivity index (χ3n) is 2.40. The molecule has 0 aliphatic carbocycles. The van der Waals surface area contributed by atoms with Crippen molar-refractivity contribution in [1.82, 2.24) is 4.72 Å². The van der Waals surface area contributed by atoms with Gasteiger partial charge >= 0.3 is 5.97 Å². The Morgan fingerprint density at radius 3 is 2.53 bits per heavy atom. The van der Waals surface area contributed by atoms with Crippen LogP contribution in [0.2, 0.25) is 0 Å². The molecule has 1 atom stereocenters. The number of hydrogen-bond acceptors (Lipinski definition) is 4. The molecule has 0 spiro atoms. The predicted molar refractivity (Wildman–Crippen MR) is 75.8 cm³/mol. The third-order valence-corrected chi connectivity index (χ3v) is 4.82. The van der Waals surface area contributed by atoms with E-state index in [-0.39, 0.29) is 11.3 Å². The summed E-state index contributed by atoms with van der Waals surface area (Å²) >= 11 is 1.58. The molecular formula is C12H17NO4S2. The molecule has 5 nitrogen and oxygen atoms in total. The number of nitrogens with one attached hydrogen (secondary N) is 1. The molecular weight excluding hydrogens is 286 g/mol. The molecule has 1 unspecified atom stereocenters. The van der Waals surface area contributed by atoms with Gasteiger partial charge in [-0.25, -0.2) is 8.42 Å². The average molecular weight is 303 g/mol. The normalized spacial score (nSPS) is 13.1. The predicted octanol–water partition coefficient (Wildman–Crippen LogP) is 1.56. The van der Waals surface area contributed by atoms with Crippen molar-refractivity contribution in [2.24, 2.45) is 0 Å². The third kappa shape index (κ3) is 5.22. The monoisotopic (exact) mass is 303 g/mol. The number of sulfonamides is 1. The number of carboxylic acid groups (broad SMARTS) is 1. The van der Waals surface area contributed by atoms with Gasteiger partial charge in [-0.2, -0.15) is 16.5 Å². The molecule has 0 heterocycles. The summed E-state index contributed by atoms with van der Waals surface area (Å²) in [6.07, 6.45) is 0.264. The van der Waals surface area contributed by atoms with Crippen molar-refractivity contribution in [3.63, 3.8) is 0 Å². The van der Waals surface area contributed by atoms with Gasteiger partial charge in [0.25, 0.3) is 0 Å². The summed E-state index contributed by atoms with van der Waals surface area (Å²) < 4.78 is 26.2. The van der Waals surface area contributed by atoms with Crippen molar-refractivity contribution in [2.75, 3.05) is 11.5 Å². The quantitative estimate of drug-likeness (QED) is 0.712. The summed E-state index contributed by atoms with van der Waals surface area (Å²) in [6, 6.07) is 6.66. The molecule has 0 amide bonds. The first-order chi connectivity index (χ1) is 8.97. The fraction of sp³-hybridized carbons (Fsp3) is 0.417. The van der Waals surface area contributed by atoms with Crippen LogP contribution in [0.5, 0.6) is 0 Å². The highest BCUT2D eigenvalue weighted by Gasteiger charge is 2.24. The van der Waals surface area contributed by atoms with Crippen LogP contribution in [-0.2, 0) is 14.8 Å². The molecule has 0 aliphatic heterocycles. The number of rotatable bonds is 8. The van der Waals surface area contributed by atoms with Gasteiger partial charge in [-0.3, -0.25) is 4.79 Å². The highest BCUT2D eigenvalue weighted by molar-refractivity contribution is 7.99. The smallest absolute Gasteiger partial charge is 0.321 e. The molecule has 0 fully saturated rings. The van der Waals surface area contributed by atoms with Crippen molar-refractivity contribution in [3.05, 3.63) is 30.3 Å². The number of carboxylic acids is 1. The second-order valence-corrected chi connectivity index (χ2v) is 6.92. The topological polar surface area (TPSA) is 83.5 Å². The minimum atomic E-state index is -3.78. The Labute approximate surface area is 117 Å². The molecule has 1 aromatic rings. The zero-order valence-electron chi connectivity index (χ0n) is 10.6. The standard InChI is InChI=1S/C12H17NO4S2/c1-2-18-9-8-11(12(14)15)13-19(16,17)10-6-4-3-5-7-10/h3-7,11,13H,2,8-9H2,1H3,(H,14,15). The van der Waals surface area contributed by atoms with E-state index in [9.17, 15) is 13.2 Å². The summed E-state index contributed by atoms with van der Waals surface area (Å²) in [4.78, 5) is 11.1. The second kappa shape index (κ2) is 7.52. The summed E-state index contributed by atoms with van der Waals surface area (Å²) in [5, 5.41) is 9.05. The Balaban J connectivity index is 2.76. The van der Waals surface area contributed by atoms with E-state index in [0.29, 0.717) is 5.75 Å². The number of thioether (sulfide) groups is 1. The van der Waals surface area contributed by atoms with Gasteiger partial charge in [0.15, 0.2) is 0 Å². The lowest BCUT2D eigenvalue weighted by Gasteiger charge is -2.14. The fourth-order valence-corrected chi connectivity index (χ4v) is 3.37. The summed E-state index contributed by atoms with van der Waals surface area (Å²) in [7, 11) is -3.78. The summed E-state index contributed by atoms with van der Waals surface area (Å²) in [6.45, 7) is 1.97. The molecule has 2 N–H and O–H groups in total. The van der Waals surface area contributed by atoms with Crippen LogP contribution in [0.4, 0.5) is 0 Å². The minimum absolute atomic E-state index is 0.0735. The van der Waals surface area contributed by atoms with Crippen molar-refractivity contribution >= 4 is 27.8 Å². The average Bonchev–Trinajstić information content (AvgIpc) is 2.38. The highest BCUT2D eigenvalue weighted by atomic mass is 32.2. The summed E-state index contributed by atoms with van der Waals surface area (Å²) in [5.74, 6) is 0.318. The van der Waals surface area contributed by atoms with E-state index in [1.807, 2.05) is 6.92 Å². The van der Waals surface area contributed by atoms with Crippen LogP contribution in [0.25, 0.3) is 0 Å². The molecule has 0 aliphatic rings. The van der Waals surface area contributed by atoms with Gasteiger partial charge in [0.05, 0.1) is 4.90 Å². The molecule has 106 valence electrons. The molecule has 0 aromatic heterocycles. The lowest BCUT2D eigenvalue weighted by atomic mass is 10.2. The largest absolute Gasteiger partial charge is 0.480 e. The summed E-state index contributed by atoms with van der Waals surface area (Å²) in [5.41, 5.74) is 0. The van der Waals surface area contributed by atoms with Gasteiger partial charge in [0.2, 0.25) is 10.0 Å². The fourth-order valence-electron chi connectivity index (χ4n) is 1.43. The number of benzene rings is 1. The van der Waals surface area contributed by atoms with E-state index >= 15 is 0 Å². The Hall–Kier alpha value is -1.05. The van der Waals surface area contributed by atoms with E-state index in [0.717, 1.165) is 5.75 Å². The van der Waals surface area contributed by atoms with Crippen LogP contribution < -0.4 is 4.72 Å². The molecule has 0 radical (unpaired) electrons. The molecule has 19 heavy (non-hydrogen) atoms. The van der Waals surface area contributed by atoms with Crippen LogP contribution in [-0.4, -0.2) is 37.0 Å². The maximum atomic E-state index is 12.0. The van der Waals surface area contributed by atoms with E-state index in [2.05, 4.69) is 4.72 Å². The molecule has 1 rings (SSSR count). The van der Waals surface area contributed by atoms with Crippen LogP contribution >= 0.6 is 11.8 Å². The van der Waals surface area contributed by atoms with Gasteiger partial charge in [-0.15, -0.1) is 0 Å². The highest BCUT2D eigenvalue weighted by Crippen LogP contribution is 2.11. The van der Waals surface area contributed by atoms with Crippen LogP contribution in [0, 0.1) is 0 Å². The second-order valence-electron chi connectivity index (χ2n) is 3.81. The zero-order chi connectivity index (χ0) is 14.3. The van der Waals surface area contributed by atoms with Gasteiger partial charge in [-0.05, 0) is 30.1 Å². The Bertz CT molecular complexity index is 502. The molecule has 0 bridgehead atoms. The lowest BCUT2D eigenvalue weighted by Crippen LogP contribution is -2.41. The molecule has 0 saturated carbocycles. The van der Waals surface area contributed by atoms with E-state index in [4.69, 9.17) is 5.11 Å². The lowest BCUT2D eigenvalue weighted by molar-refractivity contribution is -0.139. The molecule has 1 aromatic carbocycles. The van der Waals surface area contributed by atoms with Gasteiger partial charge in [0.1, 0.15) is 6.04 Å². The Morgan fingerprint density at radius 1 is 1.37 bits per heavy atom. The van der Waals surface area contributed by atoms with Gasteiger partial charge in [0, 0.05) is 0 Å². The number of carbonyl (C=O) groups is 1. The maximum absolute atomic E-state index is 12.0. The first kappa shape index (κ1) is 16.0. The number of hydrogen-bond donors (Lipinski definition) is 2. The molecule has 0 saturated heterocycles. The van der Waals surface area contributed by atoms with Crippen molar-refractivity contribution in [2.45, 2.75) is 24.3 Å². The Kier molecular flexibility index (Phi) is 6.33. The van der Waals surface area contributed by atoms with Crippen molar-refractivity contribution < 1.29 is 18.3 Å². The maximum Gasteiger partial charge on any atom is 0.321 e. The van der Waals surface area contributed by atoms with E-state index in [1.165, 1.54) is 12.1 Å². The van der Waals surface area contributed by atoms with Gasteiger partial charge < -0.3 is 5.11 Å². The van der Waals surface area contributed by atoms with Crippen molar-refractivity contribution in [1.29, 1.82) is 0 Å². The van der Waals surface area contributed by atoms with E-state index in [1.54, 1.807) is 30.0 Å². The first-order valence-corrected chi connectivity index (χ1v) is 8.49. The van der Waals surface area contributed by atoms with Crippen LogP contribution in [0.3, 0.4) is 0 Å². The van der Waals surface area contributed by atoms with E-state index < -0.39 is 22.0 Å². The Morgan fingerprint density at radius 2 is 2.00 bits per heavy atom. The first-order valence-electron chi connectivity index (χ1n) is 5.85. The van der Waals surface area contributed by atoms with Gasteiger partial charge in [-0.1, -0.05) is 25.1 Å². The van der Waals surface area contributed by atoms with Crippen molar-refractivity contribution in [3.8, 4) is 0 Å². The molecule has 7 heteroatoms.